The van der Waals surface area contributed by atoms with Gasteiger partial charge in [0, 0.05) is 13.0 Å². The minimum Gasteiger partial charge on any atom is -0.465 e. The summed E-state index contributed by atoms with van der Waals surface area (Å²) in [6, 6.07) is 0. The lowest BCUT2D eigenvalue weighted by molar-refractivity contribution is -0.146. The molecule has 0 fully saturated rings. The highest BCUT2D eigenvalue weighted by atomic mass is 16.5. The van der Waals surface area contributed by atoms with Crippen molar-refractivity contribution in [1.82, 2.24) is 5.32 Å². The number of esters is 1. The maximum Gasteiger partial charge on any atom is 0.306 e. The Bertz CT molecular complexity index is 200. The summed E-state index contributed by atoms with van der Waals surface area (Å²) in [5.74, 6) is 0.374. The summed E-state index contributed by atoms with van der Waals surface area (Å²) >= 11 is 0. The van der Waals surface area contributed by atoms with Crippen LogP contribution in [0.15, 0.2) is 0 Å². The van der Waals surface area contributed by atoms with Crippen molar-refractivity contribution >= 4 is 11.9 Å². The standard InChI is InChI=1S/C12H23NO3/c1-9(2)7-13-11(14)5-6-12(15)16-8-10(3)4/h9-10H,5-8H2,1-4H3,(H,13,14). The number of carbonyl (C=O) groups is 2. The van der Waals surface area contributed by atoms with Crippen molar-refractivity contribution in [1.29, 1.82) is 0 Å². The third-order valence-corrected chi connectivity index (χ3v) is 1.84. The fourth-order valence-corrected chi connectivity index (χ4v) is 0.954. The molecule has 0 heterocycles. The zero-order valence-electron chi connectivity index (χ0n) is 10.7. The van der Waals surface area contributed by atoms with Gasteiger partial charge in [-0.2, -0.15) is 0 Å². The zero-order valence-corrected chi connectivity index (χ0v) is 10.7. The van der Waals surface area contributed by atoms with E-state index in [1.54, 1.807) is 0 Å². The Hall–Kier alpha value is -1.06. The molecule has 0 aliphatic carbocycles. The van der Waals surface area contributed by atoms with Crippen LogP contribution in [-0.4, -0.2) is 25.0 Å². The average molecular weight is 229 g/mol. The predicted molar refractivity (Wildman–Crippen MR) is 62.9 cm³/mol. The third-order valence-electron chi connectivity index (χ3n) is 1.84. The van der Waals surface area contributed by atoms with Gasteiger partial charge >= 0.3 is 5.97 Å². The van der Waals surface area contributed by atoms with Gasteiger partial charge in [0.1, 0.15) is 0 Å². The molecule has 1 amide bonds. The van der Waals surface area contributed by atoms with E-state index in [4.69, 9.17) is 4.74 Å². The molecule has 0 aromatic heterocycles. The van der Waals surface area contributed by atoms with Crippen LogP contribution in [-0.2, 0) is 14.3 Å². The zero-order chi connectivity index (χ0) is 12.6. The molecule has 0 radical (unpaired) electrons. The van der Waals surface area contributed by atoms with Gasteiger partial charge in [0.25, 0.3) is 0 Å². The van der Waals surface area contributed by atoms with E-state index in [0.717, 1.165) is 0 Å². The Balaban J connectivity index is 3.55. The second kappa shape index (κ2) is 8.13. The summed E-state index contributed by atoms with van der Waals surface area (Å²) in [6.07, 6.45) is 0.375. The number of nitrogens with one attached hydrogen (secondary N) is 1. The summed E-state index contributed by atoms with van der Waals surface area (Å²) in [5, 5.41) is 2.76. The number of hydrogen-bond donors (Lipinski definition) is 1. The fraction of sp³-hybridized carbons (Fsp3) is 0.833. The first-order valence-electron chi connectivity index (χ1n) is 5.84. The lowest BCUT2D eigenvalue weighted by atomic mass is 10.2. The van der Waals surface area contributed by atoms with Gasteiger partial charge < -0.3 is 10.1 Å². The van der Waals surface area contributed by atoms with Crippen LogP contribution in [0.4, 0.5) is 0 Å². The van der Waals surface area contributed by atoms with Crippen molar-refractivity contribution in [3.8, 4) is 0 Å². The first-order valence-corrected chi connectivity index (χ1v) is 5.84. The van der Waals surface area contributed by atoms with E-state index in [2.05, 4.69) is 5.32 Å². The Morgan fingerprint density at radius 2 is 1.69 bits per heavy atom. The van der Waals surface area contributed by atoms with Gasteiger partial charge in [-0.1, -0.05) is 27.7 Å². The maximum absolute atomic E-state index is 11.3. The van der Waals surface area contributed by atoms with Gasteiger partial charge in [0.05, 0.1) is 13.0 Å². The predicted octanol–water partition coefficient (Wildman–Crippen LogP) is 1.74. The van der Waals surface area contributed by atoms with Crippen molar-refractivity contribution in [2.75, 3.05) is 13.2 Å². The normalized spacial score (nSPS) is 10.6. The van der Waals surface area contributed by atoms with E-state index in [1.165, 1.54) is 0 Å². The van der Waals surface area contributed by atoms with Crippen molar-refractivity contribution in [3.05, 3.63) is 0 Å². The molecule has 0 spiro atoms. The van der Waals surface area contributed by atoms with Crippen LogP contribution < -0.4 is 5.32 Å². The molecule has 1 N–H and O–H groups in total. The number of carbonyl (C=O) groups excluding carboxylic acids is 2. The third kappa shape index (κ3) is 9.49. The molecule has 0 unspecified atom stereocenters. The summed E-state index contributed by atoms with van der Waals surface area (Å²) in [4.78, 5) is 22.5. The molecular weight excluding hydrogens is 206 g/mol. The van der Waals surface area contributed by atoms with E-state index >= 15 is 0 Å². The molecule has 0 aliphatic heterocycles. The van der Waals surface area contributed by atoms with Crippen molar-refractivity contribution in [2.24, 2.45) is 11.8 Å². The van der Waals surface area contributed by atoms with E-state index in [1.807, 2.05) is 27.7 Å². The highest BCUT2D eigenvalue weighted by Gasteiger charge is 2.08. The van der Waals surface area contributed by atoms with Crippen LogP contribution in [0.1, 0.15) is 40.5 Å². The lowest BCUT2D eigenvalue weighted by Crippen LogP contribution is -2.27. The van der Waals surface area contributed by atoms with Crippen LogP contribution in [0.2, 0.25) is 0 Å². The molecule has 4 heteroatoms. The fourth-order valence-electron chi connectivity index (χ4n) is 0.954. The van der Waals surface area contributed by atoms with Gasteiger partial charge in [0.2, 0.25) is 5.91 Å². The second-order valence-electron chi connectivity index (χ2n) is 4.77. The van der Waals surface area contributed by atoms with Gasteiger partial charge in [-0.15, -0.1) is 0 Å². The Morgan fingerprint density at radius 3 is 2.19 bits per heavy atom. The summed E-state index contributed by atoms with van der Waals surface area (Å²) in [5.41, 5.74) is 0. The SMILES string of the molecule is CC(C)CNC(=O)CCC(=O)OCC(C)C. The molecule has 94 valence electrons. The van der Waals surface area contributed by atoms with E-state index in [9.17, 15) is 9.59 Å². The molecule has 4 nitrogen and oxygen atoms in total. The van der Waals surface area contributed by atoms with Gasteiger partial charge in [-0.3, -0.25) is 9.59 Å². The van der Waals surface area contributed by atoms with Crippen LogP contribution in [0.3, 0.4) is 0 Å². The van der Waals surface area contributed by atoms with Crippen molar-refractivity contribution in [3.63, 3.8) is 0 Å². The highest BCUT2D eigenvalue weighted by molar-refractivity contribution is 5.81. The van der Waals surface area contributed by atoms with Crippen LogP contribution >= 0.6 is 0 Å². The maximum atomic E-state index is 11.3. The molecule has 0 bridgehead atoms. The highest BCUT2D eigenvalue weighted by Crippen LogP contribution is 1.98. The van der Waals surface area contributed by atoms with Gasteiger partial charge in [-0.05, 0) is 11.8 Å². The molecule has 16 heavy (non-hydrogen) atoms. The summed E-state index contributed by atoms with van der Waals surface area (Å²) in [7, 11) is 0. The molecule has 0 aliphatic rings. The minimum absolute atomic E-state index is 0.0878. The molecule has 0 saturated heterocycles. The minimum atomic E-state index is -0.298. The average Bonchev–Trinajstić information content (AvgIpc) is 2.20. The summed E-state index contributed by atoms with van der Waals surface area (Å²) in [6.45, 7) is 9.08. The quantitative estimate of drug-likeness (QED) is 0.676. The van der Waals surface area contributed by atoms with E-state index in [-0.39, 0.29) is 24.7 Å². The van der Waals surface area contributed by atoms with Crippen LogP contribution in [0.25, 0.3) is 0 Å². The number of ether oxygens (including phenoxy) is 1. The first-order chi connectivity index (χ1) is 7.41. The van der Waals surface area contributed by atoms with Gasteiger partial charge in [0.15, 0.2) is 0 Å². The van der Waals surface area contributed by atoms with Crippen molar-refractivity contribution < 1.29 is 14.3 Å². The van der Waals surface area contributed by atoms with Gasteiger partial charge in [-0.25, -0.2) is 0 Å². The van der Waals surface area contributed by atoms with E-state index in [0.29, 0.717) is 25.0 Å². The molecule has 0 aromatic carbocycles. The molecule has 0 atom stereocenters. The number of hydrogen-bond acceptors (Lipinski definition) is 3. The van der Waals surface area contributed by atoms with Crippen molar-refractivity contribution in [2.45, 2.75) is 40.5 Å². The molecular formula is C12H23NO3. The topological polar surface area (TPSA) is 55.4 Å². The lowest BCUT2D eigenvalue weighted by Gasteiger charge is -2.08. The summed E-state index contributed by atoms with van der Waals surface area (Å²) < 4.78 is 4.96. The Morgan fingerprint density at radius 1 is 1.06 bits per heavy atom. The van der Waals surface area contributed by atoms with E-state index < -0.39 is 0 Å². The monoisotopic (exact) mass is 229 g/mol. The smallest absolute Gasteiger partial charge is 0.306 e. The van der Waals surface area contributed by atoms with Crippen LogP contribution in [0.5, 0.6) is 0 Å². The van der Waals surface area contributed by atoms with Crippen LogP contribution in [0, 0.1) is 11.8 Å². The largest absolute Gasteiger partial charge is 0.465 e. The second-order valence-corrected chi connectivity index (χ2v) is 4.77. The number of amides is 1. The number of rotatable bonds is 7. The first kappa shape index (κ1) is 14.9. The Labute approximate surface area is 97.7 Å². The Kier molecular flexibility index (Phi) is 7.60. The molecule has 0 rings (SSSR count). The molecule has 0 aromatic rings. The molecule has 0 saturated carbocycles.